The fourth-order valence-corrected chi connectivity index (χ4v) is 3.76. The average Bonchev–Trinajstić information content (AvgIpc) is 2.63. The number of carbonyl (C=O) groups is 1. The van der Waals surface area contributed by atoms with Crippen LogP contribution in [0.5, 0.6) is 0 Å². The molecular formula is C20H24N2OS. The summed E-state index contributed by atoms with van der Waals surface area (Å²) in [5.74, 6) is 0.148. The van der Waals surface area contributed by atoms with E-state index in [1.165, 1.54) is 22.4 Å². The molecule has 0 aromatic heterocycles. The summed E-state index contributed by atoms with van der Waals surface area (Å²) in [5, 5.41) is 0. The molecule has 126 valence electrons. The van der Waals surface area contributed by atoms with Crippen LogP contribution in [0.15, 0.2) is 47.4 Å². The topological polar surface area (TPSA) is 32.3 Å². The van der Waals surface area contributed by atoms with Crippen molar-refractivity contribution in [1.82, 2.24) is 4.90 Å². The molecule has 1 N–H and O–H groups in total. The van der Waals surface area contributed by atoms with Gasteiger partial charge >= 0.3 is 0 Å². The SMILES string of the molecule is Cc1ccc(C)c(SNc2cccc(C(=O)N3CCCCC3)c2)c1. The zero-order valence-electron chi connectivity index (χ0n) is 14.3. The number of benzene rings is 2. The van der Waals surface area contributed by atoms with Crippen LogP contribution >= 0.6 is 11.9 Å². The van der Waals surface area contributed by atoms with Crippen molar-refractivity contribution in [2.24, 2.45) is 0 Å². The molecule has 0 unspecified atom stereocenters. The molecule has 0 spiro atoms. The number of rotatable bonds is 4. The third-order valence-corrected chi connectivity index (χ3v) is 5.37. The zero-order chi connectivity index (χ0) is 16.9. The van der Waals surface area contributed by atoms with Crippen LogP contribution in [-0.4, -0.2) is 23.9 Å². The summed E-state index contributed by atoms with van der Waals surface area (Å²) in [6.45, 7) is 5.97. The highest BCUT2D eigenvalue weighted by Gasteiger charge is 2.18. The van der Waals surface area contributed by atoms with Crippen LogP contribution in [0.3, 0.4) is 0 Å². The Kier molecular flexibility index (Phi) is 5.46. The van der Waals surface area contributed by atoms with Gasteiger partial charge in [-0.05, 0) is 80.5 Å². The Balaban J connectivity index is 1.68. The summed E-state index contributed by atoms with van der Waals surface area (Å²) >= 11 is 1.60. The molecule has 0 radical (unpaired) electrons. The Morgan fingerprint density at radius 2 is 1.83 bits per heavy atom. The van der Waals surface area contributed by atoms with Crippen molar-refractivity contribution in [1.29, 1.82) is 0 Å². The summed E-state index contributed by atoms with van der Waals surface area (Å²) in [5.41, 5.74) is 4.23. The number of anilines is 1. The van der Waals surface area contributed by atoms with E-state index < -0.39 is 0 Å². The molecule has 2 aromatic carbocycles. The highest BCUT2D eigenvalue weighted by molar-refractivity contribution is 8.00. The predicted octanol–water partition coefficient (Wildman–Crippen LogP) is 5.05. The molecular weight excluding hydrogens is 316 g/mol. The molecule has 1 aliphatic rings. The molecule has 3 nitrogen and oxygen atoms in total. The molecule has 2 aromatic rings. The van der Waals surface area contributed by atoms with E-state index in [1.807, 2.05) is 29.2 Å². The Hall–Kier alpha value is -1.94. The maximum atomic E-state index is 12.6. The lowest BCUT2D eigenvalue weighted by Crippen LogP contribution is -2.35. The van der Waals surface area contributed by atoms with E-state index in [0.29, 0.717) is 0 Å². The fourth-order valence-electron chi connectivity index (χ4n) is 2.93. The largest absolute Gasteiger partial charge is 0.339 e. The number of nitrogens with zero attached hydrogens (tertiary/aromatic N) is 1. The molecule has 0 bridgehead atoms. The average molecular weight is 340 g/mol. The standard InChI is InChI=1S/C20H24N2OS/c1-15-9-10-16(2)19(13-15)24-21-18-8-6-7-17(14-18)20(23)22-11-4-3-5-12-22/h6-10,13-14,21H,3-5,11-12H2,1-2H3. The third-order valence-electron chi connectivity index (χ3n) is 4.38. The minimum Gasteiger partial charge on any atom is -0.339 e. The second kappa shape index (κ2) is 7.75. The van der Waals surface area contributed by atoms with Gasteiger partial charge in [0.2, 0.25) is 0 Å². The Morgan fingerprint density at radius 1 is 1.04 bits per heavy atom. The maximum absolute atomic E-state index is 12.6. The van der Waals surface area contributed by atoms with Crippen LogP contribution < -0.4 is 4.72 Å². The number of nitrogens with one attached hydrogen (secondary N) is 1. The molecule has 1 heterocycles. The first kappa shape index (κ1) is 16.9. The quantitative estimate of drug-likeness (QED) is 0.791. The van der Waals surface area contributed by atoms with Gasteiger partial charge in [0.1, 0.15) is 0 Å². The Labute approximate surface area is 148 Å². The summed E-state index contributed by atoms with van der Waals surface area (Å²) in [6.07, 6.45) is 3.47. The van der Waals surface area contributed by atoms with Gasteiger partial charge in [-0.25, -0.2) is 0 Å². The van der Waals surface area contributed by atoms with Crippen molar-refractivity contribution < 1.29 is 4.79 Å². The Morgan fingerprint density at radius 3 is 2.62 bits per heavy atom. The van der Waals surface area contributed by atoms with E-state index in [0.717, 1.165) is 37.2 Å². The molecule has 1 saturated heterocycles. The van der Waals surface area contributed by atoms with Gasteiger partial charge in [0, 0.05) is 29.2 Å². The summed E-state index contributed by atoms with van der Waals surface area (Å²) in [7, 11) is 0. The van der Waals surface area contributed by atoms with Crippen LogP contribution in [0.1, 0.15) is 40.7 Å². The van der Waals surface area contributed by atoms with Gasteiger partial charge < -0.3 is 9.62 Å². The van der Waals surface area contributed by atoms with Gasteiger partial charge in [0.25, 0.3) is 5.91 Å². The van der Waals surface area contributed by atoms with Crippen LogP contribution in [0.4, 0.5) is 5.69 Å². The smallest absolute Gasteiger partial charge is 0.253 e. The molecule has 0 atom stereocenters. The summed E-state index contributed by atoms with van der Waals surface area (Å²) in [4.78, 5) is 15.8. The monoisotopic (exact) mass is 340 g/mol. The van der Waals surface area contributed by atoms with Gasteiger partial charge in [-0.15, -0.1) is 0 Å². The normalized spacial score (nSPS) is 14.5. The molecule has 1 aliphatic heterocycles. The minimum absolute atomic E-state index is 0.148. The van der Waals surface area contributed by atoms with E-state index >= 15 is 0 Å². The van der Waals surface area contributed by atoms with Crippen molar-refractivity contribution in [2.45, 2.75) is 38.0 Å². The number of amides is 1. The number of piperidine rings is 1. The van der Waals surface area contributed by atoms with E-state index in [-0.39, 0.29) is 5.91 Å². The molecule has 4 heteroatoms. The van der Waals surface area contributed by atoms with Crippen molar-refractivity contribution >= 4 is 23.5 Å². The van der Waals surface area contributed by atoms with Crippen molar-refractivity contribution in [3.05, 3.63) is 59.2 Å². The molecule has 24 heavy (non-hydrogen) atoms. The number of hydrogen-bond acceptors (Lipinski definition) is 3. The van der Waals surface area contributed by atoms with Crippen LogP contribution in [-0.2, 0) is 0 Å². The number of likely N-dealkylation sites (tertiary alicyclic amines) is 1. The zero-order valence-corrected chi connectivity index (χ0v) is 15.2. The second-order valence-electron chi connectivity index (χ2n) is 6.41. The molecule has 1 amide bonds. The van der Waals surface area contributed by atoms with E-state index in [2.05, 4.69) is 36.8 Å². The maximum Gasteiger partial charge on any atom is 0.253 e. The third kappa shape index (κ3) is 4.12. The van der Waals surface area contributed by atoms with Crippen LogP contribution in [0, 0.1) is 13.8 Å². The minimum atomic E-state index is 0.148. The number of aryl methyl sites for hydroxylation is 2. The van der Waals surface area contributed by atoms with Crippen molar-refractivity contribution in [3.63, 3.8) is 0 Å². The highest BCUT2D eigenvalue weighted by atomic mass is 32.2. The van der Waals surface area contributed by atoms with Gasteiger partial charge in [-0.2, -0.15) is 0 Å². The summed E-state index contributed by atoms with van der Waals surface area (Å²) < 4.78 is 3.37. The highest BCUT2D eigenvalue weighted by Crippen LogP contribution is 2.26. The van der Waals surface area contributed by atoms with Gasteiger partial charge in [0.15, 0.2) is 0 Å². The van der Waals surface area contributed by atoms with E-state index in [4.69, 9.17) is 0 Å². The van der Waals surface area contributed by atoms with Gasteiger partial charge in [-0.3, -0.25) is 4.79 Å². The lowest BCUT2D eigenvalue weighted by atomic mass is 10.1. The lowest BCUT2D eigenvalue weighted by molar-refractivity contribution is 0.0724. The first-order chi connectivity index (χ1) is 11.6. The molecule has 0 aliphatic carbocycles. The Bertz CT molecular complexity index is 723. The molecule has 0 saturated carbocycles. The van der Waals surface area contributed by atoms with Crippen LogP contribution in [0.25, 0.3) is 0 Å². The van der Waals surface area contributed by atoms with E-state index in [9.17, 15) is 4.79 Å². The predicted molar refractivity (Wildman–Crippen MR) is 102 cm³/mol. The van der Waals surface area contributed by atoms with E-state index in [1.54, 1.807) is 11.9 Å². The molecule has 3 rings (SSSR count). The summed E-state index contributed by atoms with van der Waals surface area (Å²) in [6, 6.07) is 14.2. The second-order valence-corrected chi connectivity index (χ2v) is 7.25. The van der Waals surface area contributed by atoms with Crippen LogP contribution in [0.2, 0.25) is 0 Å². The fraction of sp³-hybridized carbons (Fsp3) is 0.350. The van der Waals surface area contributed by atoms with Gasteiger partial charge in [0.05, 0.1) is 0 Å². The first-order valence-electron chi connectivity index (χ1n) is 8.53. The van der Waals surface area contributed by atoms with Crippen molar-refractivity contribution in [2.75, 3.05) is 17.8 Å². The lowest BCUT2D eigenvalue weighted by Gasteiger charge is -2.26. The first-order valence-corrected chi connectivity index (χ1v) is 9.34. The number of hydrogen-bond donors (Lipinski definition) is 1. The van der Waals surface area contributed by atoms with Crippen molar-refractivity contribution in [3.8, 4) is 0 Å². The van der Waals surface area contributed by atoms with Gasteiger partial charge in [-0.1, -0.05) is 18.2 Å². The number of carbonyl (C=O) groups excluding carboxylic acids is 1. The molecule has 1 fully saturated rings.